The Morgan fingerprint density at radius 2 is 1.18 bits per heavy atom. The van der Waals surface area contributed by atoms with Gasteiger partial charge in [0.05, 0.1) is 0 Å². The van der Waals surface area contributed by atoms with Gasteiger partial charge in [0.15, 0.2) is 0 Å². The van der Waals surface area contributed by atoms with Crippen LogP contribution >= 0.6 is 0 Å². The van der Waals surface area contributed by atoms with Crippen LogP contribution in [0.1, 0.15) is 26.2 Å². The molecule has 1 nitrogen and oxygen atoms in total. The Kier molecular flexibility index (Phi) is 7.69. The zero-order valence-electron chi connectivity index (χ0n) is 16.7. The van der Waals surface area contributed by atoms with Gasteiger partial charge in [-0.2, -0.15) is 0 Å². The molecular formula is C25H28OSSn. The Hall–Kier alpha value is -1.65. The van der Waals surface area contributed by atoms with Crippen LogP contribution in [-0.4, -0.2) is 28.8 Å². The standard InChI is InChI=1S/C7H13OS.3C6H5.Sn/c1-3-4-5-6-7-9(2)8;3*1-2-4-6-5-3-1;/h6H,3-5H2,1-2H3;3*1-5H;. The van der Waals surface area contributed by atoms with E-state index < -0.39 is 29.2 Å². The molecule has 0 saturated carbocycles. The minimum atomic E-state index is -3.65. The van der Waals surface area contributed by atoms with Gasteiger partial charge >= 0.3 is 177 Å². The molecule has 0 aliphatic carbocycles. The second kappa shape index (κ2) is 10.2. The molecule has 0 spiro atoms. The van der Waals surface area contributed by atoms with E-state index in [0.29, 0.717) is 0 Å². The van der Waals surface area contributed by atoms with Crippen LogP contribution in [0, 0.1) is 0 Å². The van der Waals surface area contributed by atoms with E-state index in [0.717, 1.165) is 19.3 Å². The summed E-state index contributed by atoms with van der Waals surface area (Å²) in [6.45, 7) is 2.21. The topological polar surface area (TPSA) is 17.1 Å². The summed E-state index contributed by atoms with van der Waals surface area (Å²) in [5.41, 5.74) is 0. The van der Waals surface area contributed by atoms with E-state index in [1.54, 1.807) is 0 Å². The Morgan fingerprint density at radius 1 is 0.786 bits per heavy atom. The molecule has 28 heavy (non-hydrogen) atoms. The van der Waals surface area contributed by atoms with Crippen molar-refractivity contribution >= 4 is 39.9 Å². The van der Waals surface area contributed by atoms with Crippen molar-refractivity contribution < 1.29 is 4.21 Å². The Balaban J connectivity index is 2.40. The van der Waals surface area contributed by atoms with Crippen molar-refractivity contribution in [1.82, 2.24) is 0 Å². The number of allylic oxidation sites excluding steroid dienone is 1. The fourth-order valence-corrected chi connectivity index (χ4v) is 23.3. The third-order valence-electron chi connectivity index (χ3n) is 5.19. The summed E-state index contributed by atoms with van der Waals surface area (Å²) in [6, 6.07) is 32.4. The van der Waals surface area contributed by atoms with Crippen molar-refractivity contribution in [3.8, 4) is 0 Å². The van der Waals surface area contributed by atoms with Crippen molar-refractivity contribution in [3.63, 3.8) is 0 Å². The van der Waals surface area contributed by atoms with Gasteiger partial charge in [0, 0.05) is 0 Å². The summed E-state index contributed by atoms with van der Waals surface area (Å²) in [5.74, 6) is 0. The van der Waals surface area contributed by atoms with Gasteiger partial charge in [-0.1, -0.05) is 0 Å². The summed E-state index contributed by atoms with van der Waals surface area (Å²) in [4.78, 5) is 0. The fraction of sp³-hybridized carbons (Fsp3) is 0.200. The van der Waals surface area contributed by atoms with Crippen LogP contribution < -0.4 is 10.7 Å². The van der Waals surface area contributed by atoms with E-state index in [1.165, 1.54) is 13.7 Å². The molecule has 3 rings (SSSR count). The molecule has 0 amide bonds. The Bertz CT molecular complexity index is 824. The number of hydrogen-bond acceptors (Lipinski definition) is 1. The summed E-state index contributed by atoms with van der Waals surface area (Å²) in [6.07, 6.45) is 7.42. The van der Waals surface area contributed by atoms with Crippen LogP contribution in [0.2, 0.25) is 0 Å². The normalized spacial score (nSPS) is 13.3. The van der Waals surface area contributed by atoms with Crippen molar-refractivity contribution in [3.05, 3.63) is 100.0 Å². The Morgan fingerprint density at radius 3 is 1.50 bits per heavy atom. The molecule has 144 valence electrons. The van der Waals surface area contributed by atoms with Crippen LogP contribution in [0.25, 0.3) is 0 Å². The van der Waals surface area contributed by atoms with E-state index in [1.807, 2.05) is 6.26 Å². The number of benzene rings is 3. The zero-order valence-corrected chi connectivity index (χ0v) is 20.3. The summed E-state index contributed by atoms with van der Waals surface area (Å²) < 4.78 is 18.4. The van der Waals surface area contributed by atoms with Crippen LogP contribution in [0.4, 0.5) is 0 Å². The van der Waals surface area contributed by atoms with Gasteiger partial charge in [0.1, 0.15) is 0 Å². The average molecular weight is 495 g/mol. The van der Waals surface area contributed by atoms with Crippen LogP contribution in [-0.2, 0) is 10.8 Å². The molecule has 3 aromatic rings. The zero-order chi connectivity index (χ0) is 19.8. The monoisotopic (exact) mass is 496 g/mol. The molecule has 3 aromatic carbocycles. The molecule has 0 bridgehead atoms. The van der Waals surface area contributed by atoms with Gasteiger partial charge in [-0.05, 0) is 0 Å². The molecule has 0 aliphatic rings. The first-order valence-electron chi connectivity index (χ1n) is 9.92. The number of unbranched alkanes of at least 4 members (excludes halogenated alkanes) is 2. The van der Waals surface area contributed by atoms with E-state index in [2.05, 4.69) is 104 Å². The molecule has 0 N–H and O–H groups in total. The SMILES string of the molecule is CCCC/C=[C](/S(C)=O)[Sn]([c]1ccccc1)([c]1ccccc1)[c]1ccccc1. The summed E-state index contributed by atoms with van der Waals surface area (Å²) in [5, 5.41) is 0. The van der Waals surface area contributed by atoms with E-state index in [4.69, 9.17) is 0 Å². The maximum absolute atomic E-state index is 13.2. The van der Waals surface area contributed by atoms with Crippen molar-refractivity contribution in [1.29, 1.82) is 0 Å². The van der Waals surface area contributed by atoms with E-state index in [-0.39, 0.29) is 0 Å². The minimum absolute atomic E-state index is 0.983. The number of rotatable bonds is 8. The summed E-state index contributed by atoms with van der Waals surface area (Å²) >= 11 is -3.65. The third kappa shape index (κ3) is 4.33. The van der Waals surface area contributed by atoms with E-state index >= 15 is 0 Å². The molecule has 1 unspecified atom stereocenters. The number of hydrogen-bond donors (Lipinski definition) is 0. The van der Waals surface area contributed by atoms with Gasteiger partial charge in [-0.15, -0.1) is 0 Å². The molecule has 0 saturated heterocycles. The maximum atomic E-state index is 13.2. The van der Waals surface area contributed by atoms with Crippen molar-refractivity contribution in [2.75, 3.05) is 6.26 Å². The second-order valence-electron chi connectivity index (χ2n) is 7.01. The van der Waals surface area contributed by atoms with Crippen LogP contribution in [0.15, 0.2) is 100.0 Å². The third-order valence-corrected chi connectivity index (χ3v) is 23.5. The molecule has 0 aliphatic heterocycles. The molecule has 0 fully saturated rings. The van der Waals surface area contributed by atoms with Gasteiger partial charge in [-0.25, -0.2) is 0 Å². The van der Waals surface area contributed by atoms with Gasteiger partial charge < -0.3 is 0 Å². The Labute approximate surface area is 175 Å². The molecule has 1 atom stereocenters. The van der Waals surface area contributed by atoms with Gasteiger partial charge in [-0.3, -0.25) is 0 Å². The first-order chi connectivity index (χ1) is 13.7. The fourth-order valence-electron chi connectivity index (χ4n) is 3.91. The first kappa shape index (κ1) is 21.1. The second-order valence-corrected chi connectivity index (χ2v) is 20.2. The quantitative estimate of drug-likeness (QED) is 0.339. The van der Waals surface area contributed by atoms with Crippen LogP contribution in [0.3, 0.4) is 0 Å². The predicted molar refractivity (Wildman–Crippen MR) is 126 cm³/mol. The summed E-state index contributed by atoms with van der Waals surface area (Å²) in [7, 11) is -1.02. The van der Waals surface area contributed by atoms with E-state index in [9.17, 15) is 4.21 Å². The van der Waals surface area contributed by atoms with Crippen molar-refractivity contribution in [2.24, 2.45) is 0 Å². The molecular weight excluding hydrogens is 467 g/mol. The average Bonchev–Trinajstić information content (AvgIpc) is 2.75. The van der Waals surface area contributed by atoms with Gasteiger partial charge in [0.25, 0.3) is 0 Å². The molecule has 3 heteroatoms. The first-order valence-corrected chi connectivity index (χ1v) is 17.2. The van der Waals surface area contributed by atoms with Crippen molar-refractivity contribution in [2.45, 2.75) is 26.2 Å². The van der Waals surface area contributed by atoms with Crippen LogP contribution in [0.5, 0.6) is 0 Å². The molecule has 0 aromatic heterocycles. The predicted octanol–water partition coefficient (Wildman–Crippen LogP) is 4.15. The molecule has 0 heterocycles. The molecule has 0 radical (unpaired) electrons. The van der Waals surface area contributed by atoms with Gasteiger partial charge in [0.2, 0.25) is 0 Å².